The van der Waals surface area contributed by atoms with Crippen molar-refractivity contribution in [1.29, 1.82) is 0 Å². The molecule has 0 saturated carbocycles. The van der Waals surface area contributed by atoms with E-state index in [1.165, 1.54) is 18.0 Å². The number of hydrogen-bond donors (Lipinski definition) is 1. The SMILES string of the molecule is CCNC(=O)[C@@H](C)N(Cc1ccc(Cl)cc1)C(=O)CN(C)S(=O)(=O)c1ccc2ccccc2c1. The highest BCUT2D eigenvalue weighted by Crippen LogP contribution is 2.22. The van der Waals surface area contributed by atoms with E-state index in [4.69, 9.17) is 11.6 Å². The van der Waals surface area contributed by atoms with Gasteiger partial charge < -0.3 is 10.2 Å². The van der Waals surface area contributed by atoms with Gasteiger partial charge in [0.15, 0.2) is 0 Å². The van der Waals surface area contributed by atoms with E-state index in [2.05, 4.69) is 5.32 Å². The molecule has 1 N–H and O–H groups in total. The molecule has 0 fully saturated rings. The quantitative estimate of drug-likeness (QED) is 0.484. The topological polar surface area (TPSA) is 86.8 Å². The fourth-order valence-corrected chi connectivity index (χ4v) is 4.85. The van der Waals surface area contributed by atoms with E-state index in [9.17, 15) is 18.0 Å². The maximum Gasteiger partial charge on any atom is 0.243 e. The molecule has 0 aliphatic heterocycles. The number of benzene rings is 3. The highest BCUT2D eigenvalue weighted by molar-refractivity contribution is 7.89. The molecule has 3 aromatic carbocycles. The molecule has 7 nitrogen and oxygen atoms in total. The lowest BCUT2D eigenvalue weighted by Crippen LogP contribution is -2.50. The second kappa shape index (κ2) is 11.0. The molecule has 0 heterocycles. The number of nitrogens with one attached hydrogen (secondary N) is 1. The number of amides is 2. The summed E-state index contributed by atoms with van der Waals surface area (Å²) in [6.45, 7) is 3.56. The number of rotatable bonds is 9. The molecule has 3 rings (SSSR count). The van der Waals surface area contributed by atoms with Crippen LogP contribution in [0, 0.1) is 0 Å². The second-order valence-electron chi connectivity index (χ2n) is 7.99. The minimum atomic E-state index is -3.93. The smallest absolute Gasteiger partial charge is 0.243 e. The zero-order valence-corrected chi connectivity index (χ0v) is 20.9. The van der Waals surface area contributed by atoms with Gasteiger partial charge in [-0.2, -0.15) is 4.31 Å². The molecular weight excluding hydrogens is 474 g/mol. The Bertz CT molecular complexity index is 1280. The molecule has 3 aromatic rings. The molecule has 0 bridgehead atoms. The Balaban J connectivity index is 1.84. The fraction of sp³-hybridized carbons (Fsp3) is 0.280. The van der Waals surface area contributed by atoms with Crippen molar-refractivity contribution in [2.24, 2.45) is 0 Å². The van der Waals surface area contributed by atoms with Crippen LogP contribution in [-0.2, 0) is 26.2 Å². The number of carbonyl (C=O) groups excluding carboxylic acids is 2. The third-order valence-electron chi connectivity index (χ3n) is 5.57. The molecular formula is C25H28ClN3O4S. The van der Waals surface area contributed by atoms with Gasteiger partial charge >= 0.3 is 0 Å². The maximum absolute atomic E-state index is 13.3. The van der Waals surface area contributed by atoms with E-state index in [1.54, 1.807) is 50.2 Å². The summed E-state index contributed by atoms with van der Waals surface area (Å²) in [4.78, 5) is 27.3. The summed E-state index contributed by atoms with van der Waals surface area (Å²) >= 11 is 5.96. The fourth-order valence-electron chi connectivity index (χ4n) is 3.57. The molecule has 0 aliphatic carbocycles. The molecule has 0 aliphatic rings. The largest absolute Gasteiger partial charge is 0.355 e. The molecule has 0 aromatic heterocycles. The number of hydrogen-bond acceptors (Lipinski definition) is 4. The van der Waals surface area contributed by atoms with E-state index < -0.39 is 28.5 Å². The van der Waals surface area contributed by atoms with Gasteiger partial charge in [-0.15, -0.1) is 0 Å². The Hall–Kier alpha value is -2.94. The summed E-state index contributed by atoms with van der Waals surface area (Å²) in [5, 5.41) is 4.98. The number of fused-ring (bicyclic) bond motifs is 1. The van der Waals surface area contributed by atoms with Gasteiger partial charge in [0, 0.05) is 25.2 Å². The molecule has 9 heteroatoms. The third kappa shape index (κ3) is 5.94. The van der Waals surface area contributed by atoms with E-state index >= 15 is 0 Å². The molecule has 34 heavy (non-hydrogen) atoms. The van der Waals surface area contributed by atoms with Crippen molar-refractivity contribution < 1.29 is 18.0 Å². The van der Waals surface area contributed by atoms with Crippen LogP contribution in [0.4, 0.5) is 0 Å². The van der Waals surface area contributed by atoms with E-state index in [0.29, 0.717) is 11.6 Å². The molecule has 180 valence electrons. The molecule has 0 saturated heterocycles. The maximum atomic E-state index is 13.3. The Morgan fingerprint density at radius 3 is 2.29 bits per heavy atom. The van der Waals surface area contributed by atoms with Crippen molar-refractivity contribution in [2.75, 3.05) is 20.1 Å². The first kappa shape index (κ1) is 25.7. The summed E-state index contributed by atoms with van der Waals surface area (Å²) in [5.74, 6) is -0.801. The average molecular weight is 502 g/mol. The van der Waals surface area contributed by atoms with Gasteiger partial charge in [0.25, 0.3) is 0 Å². The van der Waals surface area contributed by atoms with Crippen molar-refractivity contribution in [1.82, 2.24) is 14.5 Å². The van der Waals surface area contributed by atoms with Crippen LogP contribution in [0.2, 0.25) is 5.02 Å². The number of likely N-dealkylation sites (N-methyl/N-ethyl adjacent to an activating group) is 2. The molecule has 0 spiro atoms. The third-order valence-corrected chi connectivity index (χ3v) is 7.62. The molecule has 1 atom stereocenters. The Morgan fingerprint density at radius 2 is 1.65 bits per heavy atom. The summed E-state index contributed by atoms with van der Waals surface area (Å²) in [6.07, 6.45) is 0. The Kier molecular flexibility index (Phi) is 8.30. The molecule has 0 radical (unpaired) electrons. The van der Waals surface area contributed by atoms with E-state index in [1.807, 2.05) is 24.3 Å². The highest BCUT2D eigenvalue weighted by Gasteiger charge is 2.30. The van der Waals surface area contributed by atoms with Crippen LogP contribution >= 0.6 is 11.6 Å². The van der Waals surface area contributed by atoms with Gasteiger partial charge in [-0.3, -0.25) is 9.59 Å². The van der Waals surface area contributed by atoms with Gasteiger partial charge in [-0.05, 0) is 54.4 Å². The van der Waals surface area contributed by atoms with Crippen molar-refractivity contribution >= 4 is 44.2 Å². The first-order valence-electron chi connectivity index (χ1n) is 10.9. The Labute approximate surface area is 205 Å². The van der Waals surface area contributed by atoms with Gasteiger partial charge in [-0.1, -0.05) is 54.1 Å². The van der Waals surface area contributed by atoms with Gasteiger partial charge in [0.05, 0.1) is 11.4 Å². The van der Waals surface area contributed by atoms with Crippen molar-refractivity contribution in [2.45, 2.75) is 31.3 Å². The van der Waals surface area contributed by atoms with Crippen LogP contribution in [-0.4, -0.2) is 55.6 Å². The number of sulfonamides is 1. The van der Waals surface area contributed by atoms with Gasteiger partial charge in [0.1, 0.15) is 6.04 Å². The van der Waals surface area contributed by atoms with Crippen LogP contribution in [0.1, 0.15) is 19.4 Å². The van der Waals surface area contributed by atoms with Crippen LogP contribution in [0.25, 0.3) is 10.8 Å². The second-order valence-corrected chi connectivity index (χ2v) is 10.5. The minimum Gasteiger partial charge on any atom is -0.355 e. The van der Waals surface area contributed by atoms with Crippen LogP contribution in [0.3, 0.4) is 0 Å². The van der Waals surface area contributed by atoms with E-state index in [-0.39, 0.29) is 17.3 Å². The lowest BCUT2D eigenvalue weighted by molar-refractivity contribution is -0.140. The highest BCUT2D eigenvalue weighted by atomic mass is 35.5. The standard InChI is InChI=1S/C25H28ClN3O4S/c1-4-27-25(31)18(2)29(16-19-9-12-22(26)13-10-19)24(30)17-28(3)34(32,33)23-14-11-20-7-5-6-8-21(20)15-23/h5-15,18H,4,16-17H2,1-3H3,(H,27,31)/t18-/m1/s1. The zero-order chi connectivity index (χ0) is 24.9. The average Bonchev–Trinajstić information content (AvgIpc) is 2.82. The predicted octanol–water partition coefficient (Wildman–Crippen LogP) is 3.67. The predicted molar refractivity (Wildman–Crippen MR) is 134 cm³/mol. The summed E-state index contributed by atoms with van der Waals surface area (Å²) in [5.41, 5.74) is 0.772. The van der Waals surface area contributed by atoms with Crippen LogP contribution in [0.5, 0.6) is 0 Å². The lowest BCUT2D eigenvalue weighted by atomic mass is 10.1. The van der Waals surface area contributed by atoms with Gasteiger partial charge in [-0.25, -0.2) is 8.42 Å². The number of carbonyl (C=O) groups is 2. The molecule has 2 amide bonds. The van der Waals surface area contributed by atoms with Crippen molar-refractivity contribution in [3.8, 4) is 0 Å². The number of nitrogens with zero attached hydrogens (tertiary/aromatic N) is 2. The lowest BCUT2D eigenvalue weighted by Gasteiger charge is -2.30. The van der Waals surface area contributed by atoms with Crippen molar-refractivity contribution in [3.63, 3.8) is 0 Å². The summed E-state index contributed by atoms with van der Waals surface area (Å²) in [6, 6.07) is 18.5. The molecule has 0 unspecified atom stereocenters. The summed E-state index contributed by atoms with van der Waals surface area (Å²) < 4.78 is 27.4. The normalized spacial score (nSPS) is 12.5. The Morgan fingerprint density at radius 1 is 1.00 bits per heavy atom. The monoisotopic (exact) mass is 501 g/mol. The van der Waals surface area contributed by atoms with E-state index in [0.717, 1.165) is 20.6 Å². The number of halogens is 1. The van der Waals surface area contributed by atoms with Crippen LogP contribution < -0.4 is 5.32 Å². The first-order chi connectivity index (χ1) is 16.1. The summed E-state index contributed by atoms with van der Waals surface area (Å²) in [7, 11) is -2.57. The zero-order valence-electron chi connectivity index (χ0n) is 19.4. The van der Waals surface area contributed by atoms with Crippen LogP contribution in [0.15, 0.2) is 71.6 Å². The van der Waals surface area contributed by atoms with Gasteiger partial charge in [0.2, 0.25) is 21.8 Å². The first-order valence-corrected chi connectivity index (χ1v) is 12.7. The van der Waals surface area contributed by atoms with Crippen molar-refractivity contribution in [3.05, 3.63) is 77.3 Å². The minimum absolute atomic E-state index is 0.0996.